The molecule has 2 N–H and O–H groups in total. The van der Waals surface area contributed by atoms with Crippen molar-refractivity contribution >= 4 is 22.8 Å². The summed E-state index contributed by atoms with van der Waals surface area (Å²) in [5.41, 5.74) is 3.18. The summed E-state index contributed by atoms with van der Waals surface area (Å²) in [7, 11) is 0. The highest BCUT2D eigenvalue weighted by molar-refractivity contribution is 6.05. The quantitative estimate of drug-likeness (QED) is 0.756. The third-order valence-corrected chi connectivity index (χ3v) is 4.73. The van der Waals surface area contributed by atoms with Crippen molar-refractivity contribution in [3.63, 3.8) is 0 Å². The summed E-state index contributed by atoms with van der Waals surface area (Å²) >= 11 is 0. The number of amides is 1. The highest BCUT2D eigenvalue weighted by atomic mass is 16.5. The number of nitrogens with zero attached hydrogens (tertiary/aromatic N) is 3. The number of carbonyl (C=O) groups is 1. The number of aromatic hydroxyl groups is 1. The minimum Gasteiger partial charge on any atom is -0.508 e. The molecule has 1 aliphatic rings. The van der Waals surface area contributed by atoms with Gasteiger partial charge in [-0.1, -0.05) is 6.07 Å². The Labute approximate surface area is 150 Å². The van der Waals surface area contributed by atoms with Crippen LogP contribution in [-0.2, 0) is 4.74 Å². The fourth-order valence-electron chi connectivity index (χ4n) is 3.16. The second-order valence-electron chi connectivity index (χ2n) is 6.52. The Morgan fingerprint density at radius 3 is 2.85 bits per heavy atom. The molecule has 134 valence electrons. The molecule has 0 radical (unpaired) electrons. The summed E-state index contributed by atoms with van der Waals surface area (Å²) in [6, 6.07) is 7.10. The minimum atomic E-state index is -0.289. The van der Waals surface area contributed by atoms with Crippen LogP contribution >= 0.6 is 0 Å². The fraction of sp³-hybridized carbons (Fsp3) is 0.316. The zero-order valence-electron chi connectivity index (χ0n) is 14.5. The van der Waals surface area contributed by atoms with Crippen LogP contribution in [0.5, 0.6) is 5.75 Å². The minimum absolute atomic E-state index is 0.145. The lowest BCUT2D eigenvalue weighted by molar-refractivity contribution is 0.0704. The van der Waals surface area contributed by atoms with Crippen LogP contribution in [0.2, 0.25) is 0 Å². The number of aromatic nitrogens is 3. The lowest BCUT2D eigenvalue weighted by Gasteiger charge is -2.23. The molecule has 7 heteroatoms. The van der Waals surface area contributed by atoms with E-state index < -0.39 is 0 Å². The zero-order valence-corrected chi connectivity index (χ0v) is 14.5. The number of anilines is 1. The van der Waals surface area contributed by atoms with E-state index in [0.29, 0.717) is 22.8 Å². The van der Waals surface area contributed by atoms with Gasteiger partial charge in [-0.15, -0.1) is 0 Å². The smallest absolute Gasteiger partial charge is 0.257 e. The highest BCUT2D eigenvalue weighted by Crippen LogP contribution is 2.25. The Morgan fingerprint density at radius 2 is 2.08 bits per heavy atom. The van der Waals surface area contributed by atoms with E-state index in [1.165, 1.54) is 6.07 Å². The molecule has 0 atom stereocenters. The van der Waals surface area contributed by atoms with E-state index in [4.69, 9.17) is 4.74 Å². The maximum atomic E-state index is 12.5. The molecule has 26 heavy (non-hydrogen) atoms. The topological polar surface area (TPSA) is 89.3 Å². The number of benzene rings is 1. The first kappa shape index (κ1) is 16.5. The van der Waals surface area contributed by atoms with Crippen molar-refractivity contribution in [3.05, 3.63) is 47.9 Å². The summed E-state index contributed by atoms with van der Waals surface area (Å²) in [5.74, 6) is -0.144. The van der Waals surface area contributed by atoms with Crippen molar-refractivity contribution < 1.29 is 14.6 Å². The zero-order chi connectivity index (χ0) is 18.1. The first-order valence-corrected chi connectivity index (χ1v) is 8.63. The number of fused-ring (bicyclic) bond motifs is 1. The molecular weight excluding hydrogens is 332 g/mol. The van der Waals surface area contributed by atoms with Crippen LogP contribution in [0.3, 0.4) is 0 Å². The van der Waals surface area contributed by atoms with E-state index in [2.05, 4.69) is 19.9 Å². The predicted octanol–water partition coefficient (Wildman–Crippen LogP) is 3.05. The number of hydrogen-bond donors (Lipinski definition) is 2. The summed E-state index contributed by atoms with van der Waals surface area (Å²) in [4.78, 5) is 21.3. The third-order valence-electron chi connectivity index (χ3n) is 4.73. The van der Waals surface area contributed by atoms with E-state index in [-0.39, 0.29) is 11.7 Å². The van der Waals surface area contributed by atoms with Gasteiger partial charge in [0, 0.05) is 37.2 Å². The van der Waals surface area contributed by atoms with Crippen molar-refractivity contribution in [1.29, 1.82) is 0 Å². The Balaban J connectivity index is 1.57. The van der Waals surface area contributed by atoms with Crippen LogP contribution in [0.1, 0.15) is 34.8 Å². The number of phenols is 1. The highest BCUT2D eigenvalue weighted by Gasteiger charge is 2.19. The van der Waals surface area contributed by atoms with E-state index in [0.717, 1.165) is 37.3 Å². The van der Waals surface area contributed by atoms with Crippen molar-refractivity contribution in [2.24, 2.45) is 0 Å². The largest absolute Gasteiger partial charge is 0.508 e. The Hall–Kier alpha value is -2.93. The van der Waals surface area contributed by atoms with Crippen molar-refractivity contribution in [3.8, 4) is 5.75 Å². The molecule has 0 spiro atoms. The number of pyridine rings is 1. The molecule has 3 aromatic rings. The predicted molar refractivity (Wildman–Crippen MR) is 97.4 cm³/mol. The summed E-state index contributed by atoms with van der Waals surface area (Å²) < 4.78 is 7.47. The summed E-state index contributed by atoms with van der Waals surface area (Å²) in [6.07, 6.45) is 5.22. The molecule has 0 bridgehead atoms. The number of hydrogen-bond acceptors (Lipinski definition) is 5. The summed E-state index contributed by atoms with van der Waals surface area (Å²) in [6.45, 7) is 3.29. The van der Waals surface area contributed by atoms with Gasteiger partial charge < -0.3 is 19.7 Å². The number of aryl methyl sites for hydroxylation is 1. The van der Waals surface area contributed by atoms with Gasteiger partial charge in [0.25, 0.3) is 5.91 Å². The Morgan fingerprint density at radius 1 is 1.27 bits per heavy atom. The molecule has 1 saturated heterocycles. The van der Waals surface area contributed by atoms with E-state index in [9.17, 15) is 9.90 Å². The molecule has 0 unspecified atom stereocenters. The van der Waals surface area contributed by atoms with E-state index in [1.807, 2.05) is 0 Å². The maximum Gasteiger partial charge on any atom is 0.257 e. The fourth-order valence-corrected chi connectivity index (χ4v) is 3.16. The second kappa shape index (κ2) is 6.76. The van der Waals surface area contributed by atoms with Crippen LogP contribution in [0.25, 0.3) is 11.2 Å². The average molecular weight is 352 g/mol. The van der Waals surface area contributed by atoms with Crippen molar-refractivity contribution in [2.45, 2.75) is 25.8 Å². The number of ether oxygens (including phenoxy) is 1. The van der Waals surface area contributed by atoms with Crippen LogP contribution in [0, 0.1) is 6.92 Å². The van der Waals surface area contributed by atoms with E-state index in [1.54, 1.807) is 37.6 Å². The standard InChI is InChI=1S/C19H20N4O3/c1-12-2-3-14(9-17(12)24)22-19(25)13-8-16-18(20-10-13)23(11-21-16)15-4-6-26-7-5-15/h2-3,8-11,15,24H,4-7H2,1H3,(H,22,25). The van der Waals surface area contributed by atoms with Crippen LogP contribution < -0.4 is 5.32 Å². The first-order chi connectivity index (χ1) is 12.6. The molecule has 3 heterocycles. The molecule has 1 fully saturated rings. The first-order valence-electron chi connectivity index (χ1n) is 8.63. The SMILES string of the molecule is Cc1ccc(NC(=O)c2cnc3c(c2)ncn3C2CCOCC2)cc1O. The van der Waals surface area contributed by atoms with Crippen LogP contribution in [0.15, 0.2) is 36.8 Å². The number of carbonyl (C=O) groups excluding carboxylic acids is 1. The normalized spacial score (nSPS) is 15.3. The van der Waals surface area contributed by atoms with Crippen LogP contribution in [0.4, 0.5) is 5.69 Å². The lowest BCUT2D eigenvalue weighted by Crippen LogP contribution is -2.19. The molecular formula is C19H20N4O3. The number of phenolic OH excluding ortho intramolecular Hbond substituents is 1. The van der Waals surface area contributed by atoms with Crippen molar-refractivity contribution in [2.75, 3.05) is 18.5 Å². The van der Waals surface area contributed by atoms with Gasteiger partial charge >= 0.3 is 0 Å². The number of nitrogens with one attached hydrogen (secondary N) is 1. The van der Waals surface area contributed by atoms with Gasteiger partial charge in [-0.25, -0.2) is 9.97 Å². The van der Waals surface area contributed by atoms with Gasteiger partial charge in [-0.05, 0) is 37.5 Å². The molecule has 2 aromatic heterocycles. The Kier molecular flexibility index (Phi) is 4.30. The monoisotopic (exact) mass is 352 g/mol. The summed E-state index contributed by atoms with van der Waals surface area (Å²) in [5, 5.41) is 12.5. The number of rotatable bonds is 3. The molecule has 1 aliphatic heterocycles. The molecule has 1 aromatic carbocycles. The second-order valence-corrected chi connectivity index (χ2v) is 6.52. The number of imidazole rings is 1. The average Bonchev–Trinajstić information content (AvgIpc) is 3.08. The van der Waals surface area contributed by atoms with Crippen molar-refractivity contribution in [1.82, 2.24) is 14.5 Å². The molecule has 7 nitrogen and oxygen atoms in total. The van der Waals surface area contributed by atoms with E-state index >= 15 is 0 Å². The van der Waals surface area contributed by atoms with Gasteiger partial charge in [0.15, 0.2) is 5.65 Å². The molecule has 1 amide bonds. The molecule has 4 rings (SSSR count). The molecule has 0 aliphatic carbocycles. The maximum absolute atomic E-state index is 12.5. The van der Waals surface area contributed by atoms with Gasteiger partial charge in [0.05, 0.1) is 11.9 Å². The Bertz CT molecular complexity index is 961. The lowest BCUT2D eigenvalue weighted by atomic mass is 10.1. The van der Waals surface area contributed by atoms with Gasteiger partial charge in [0.1, 0.15) is 11.3 Å². The van der Waals surface area contributed by atoms with Crippen LogP contribution in [-0.4, -0.2) is 38.8 Å². The van der Waals surface area contributed by atoms with Gasteiger partial charge in [-0.3, -0.25) is 4.79 Å². The third kappa shape index (κ3) is 3.13. The molecule has 0 saturated carbocycles. The van der Waals surface area contributed by atoms with Gasteiger partial charge in [0.2, 0.25) is 0 Å². The van der Waals surface area contributed by atoms with Gasteiger partial charge in [-0.2, -0.15) is 0 Å².